The van der Waals surface area contributed by atoms with Crippen LogP contribution in [0.15, 0.2) is 155 Å². The average molecular weight is 575 g/mol. The van der Waals surface area contributed by atoms with E-state index in [4.69, 9.17) is 0 Å². The van der Waals surface area contributed by atoms with Gasteiger partial charge in [-0.05, 0) is 82.6 Å². The fourth-order valence-corrected chi connectivity index (χ4v) is 10.5. The summed E-state index contributed by atoms with van der Waals surface area (Å²) in [4.78, 5) is 2.55. The number of rotatable bonds is 5. The summed E-state index contributed by atoms with van der Waals surface area (Å²) in [7, 11) is 0. The summed E-state index contributed by atoms with van der Waals surface area (Å²) in [6.45, 7) is 4.34. The van der Waals surface area contributed by atoms with Gasteiger partial charge >= 0.3 is 0 Å². The van der Waals surface area contributed by atoms with Gasteiger partial charge < -0.3 is 0 Å². The lowest BCUT2D eigenvalue weighted by Crippen LogP contribution is -2.44. The predicted octanol–water partition coefficient (Wildman–Crippen LogP) is 11.0. The Morgan fingerprint density at radius 3 is 0.881 bits per heavy atom. The van der Waals surface area contributed by atoms with Crippen LogP contribution in [0.25, 0.3) is 22.3 Å². The molecule has 202 valence electrons. The van der Waals surface area contributed by atoms with Crippen molar-refractivity contribution in [3.63, 3.8) is 0 Å². The van der Waals surface area contributed by atoms with E-state index in [2.05, 4.69) is 159 Å². The second-order valence-corrected chi connectivity index (χ2v) is 14.0. The van der Waals surface area contributed by atoms with E-state index in [9.17, 15) is 0 Å². The van der Waals surface area contributed by atoms with Gasteiger partial charge in [-0.1, -0.05) is 132 Å². The normalized spacial score (nSPS) is 15.0. The van der Waals surface area contributed by atoms with Gasteiger partial charge in [0.05, 0.1) is 9.49 Å². The molecule has 0 aromatic heterocycles. The van der Waals surface area contributed by atoms with Gasteiger partial charge in [0.25, 0.3) is 0 Å². The van der Waals surface area contributed by atoms with Crippen molar-refractivity contribution in [2.75, 3.05) is 0 Å². The molecule has 6 aromatic carbocycles. The molecule has 0 amide bonds. The van der Waals surface area contributed by atoms with E-state index in [1.807, 2.05) is 23.5 Å². The number of aryl methyl sites for hydroxylation is 2. The third kappa shape index (κ3) is 3.58. The van der Waals surface area contributed by atoms with Gasteiger partial charge in [-0.2, -0.15) is 0 Å². The minimum atomic E-state index is -0.451. The standard InChI is InChI=1S/C40H30S2/c1-27-19-23-29(24-20-27)41-39(35-15-7-3-11-31(35)32-12-4-8-16-36(32)39)40(42-30-25-21-28(2)22-26-30)37-17-9-5-13-33(37)34-14-6-10-18-38(34)40/h3-26H,1-2H3. The van der Waals surface area contributed by atoms with Gasteiger partial charge in [0.1, 0.15) is 0 Å². The molecule has 0 nitrogen and oxygen atoms in total. The van der Waals surface area contributed by atoms with Crippen molar-refractivity contribution in [2.45, 2.75) is 33.1 Å². The topological polar surface area (TPSA) is 0 Å². The first-order chi connectivity index (χ1) is 20.6. The molecule has 0 unspecified atom stereocenters. The van der Waals surface area contributed by atoms with E-state index >= 15 is 0 Å². The molecule has 2 heteroatoms. The van der Waals surface area contributed by atoms with Crippen molar-refractivity contribution in [2.24, 2.45) is 0 Å². The smallest absolute Gasteiger partial charge is 0.0948 e. The Hall–Kier alpha value is -3.98. The van der Waals surface area contributed by atoms with Gasteiger partial charge in [-0.25, -0.2) is 0 Å². The zero-order valence-electron chi connectivity index (χ0n) is 23.7. The number of fused-ring (bicyclic) bond motifs is 6. The van der Waals surface area contributed by atoms with E-state index in [0.717, 1.165) is 0 Å². The third-order valence-electron chi connectivity index (χ3n) is 8.89. The first kappa shape index (κ1) is 25.7. The van der Waals surface area contributed by atoms with E-state index in [0.29, 0.717) is 0 Å². The molecule has 2 aliphatic carbocycles. The van der Waals surface area contributed by atoms with Crippen molar-refractivity contribution >= 4 is 23.5 Å². The summed E-state index contributed by atoms with van der Waals surface area (Å²) in [5, 5.41) is 0. The van der Waals surface area contributed by atoms with Crippen LogP contribution in [-0.2, 0) is 9.49 Å². The average Bonchev–Trinajstić information content (AvgIpc) is 3.49. The Balaban J connectivity index is 1.55. The molecular weight excluding hydrogens is 545 g/mol. The van der Waals surface area contributed by atoms with Crippen LogP contribution in [0.4, 0.5) is 0 Å². The minimum Gasteiger partial charge on any atom is -0.107 e. The quantitative estimate of drug-likeness (QED) is 0.201. The fourth-order valence-electron chi connectivity index (χ4n) is 7.08. The molecule has 42 heavy (non-hydrogen) atoms. The van der Waals surface area contributed by atoms with Gasteiger partial charge in [0.2, 0.25) is 0 Å². The second kappa shape index (κ2) is 9.80. The third-order valence-corrected chi connectivity index (χ3v) is 12.1. The molecule has 6 aromatic rings. The molecule has 2 aliphatic rings. The van der Waals surface area contributed by atoms with Crippen molar-refractivity contribution in [3.8, 4) is 22.3 Å². The summed E-state index contributed by atoms with van der Waals surface area (Å²) in [6, 6.07) is 54.7. The Morgan fingerprint density at radius 1 is 0.333 bits per heavy atom. The van der Waals surface area contributed by atoms with Crippen LogP contribution in [0.5, 0.6) is 0 Å². The Bertz CT molecular complexity index is 1710. The maximum Gasteiger partial charge on any atom is 0.0948 e. The Morgan fingerprint density at radius 2 is 0.595 bits per heavy atom. The monoisotopic (exact) mass is 574 g/mol. The van der Waals surface area contributed by atoms with Crippen molar-refractivity contribution in [1.82, 2.24) is 0 Å². The predicted molar refractivity (Wildman–Crippen MR) is 179 cm³/mol. The van der Waals surface area contributed by atoms with E-state index in [-0.39, 0.29) is 0 Å². The maximum atomic E-state index is 2.39. The highest BCUT2D eigenvalue weighted by Gasteiger charge is 2.64. The number of benzene rings is 6. The van der Waals surface area contributed by atoms with Crippen LogP contribution in [-0.4, -0.2) is 0 Å². The minimum absolute atomic E-state index is 0.451. The lowest BCUT2D eigenvalue weighted by atomic mass is 9.76. The lowest BCUT2D eigenvalue weighted by Gasteiger charge is -2.48. The molecule has 0 saturated carbocycles. The van der Waals surface area contributed by atoms with Crippen LogP contribution in [0.1, 0.15) is 33.4 Å². The highest BCUT2D eigenvalue weighted by atomic mass is 32.2. The summed E-state index contributed by atoms with van der Waals surface area (Å²) >= 11 is 4.04. The fraction of sp³-hybridized carbons (Fsp3) is 0.100. The first-order valence-electron chi connectivity index (χ1n) is 14.5. The van der Waals surface area contributed by atoms with E-state index < -0.39 is 9.49 Å². The number of hydrogen-bond acceptors (Lipinski definition) is 2. The van der Waals surface area contributed by atoms with Crippen LogP contribution < -0.4 is 0 Å². The summed E-state index contributed by atoms with van der Waals surface area (Å²) < 4.78 is -0.901. The van der Waals surface area contributed by atoms with Gasteiger partial charge in [-0.3, -0.25) is 0 Å². The number of hydrogen-bond donors (Lipinski definition) is 0. The Labute approximate surface area is 256 Å². The highest BCUT2D eigenvalue weighted by Crippen LogP contribution is 2.74. The van der Waals surface area contributed by atoms with E-state index in [1.54, 1.807) is 0 Å². The number of thioether (sulfide) groups is 2. The molecule has 0 fully saturated rings. The Kier molecular flexibility index (Phi) is 6.00. The maximum absolute atomic E-state index is 2.39. The summed E-state index contributed by atoms with van der Waals surface area (Å²) in [5.74, 6) is 0. The zero-order valence-corrected chi connectivity index (χ0v) is 25.3. The van der Waals surface area contributed by atoms with Crippen molar-refractivity contribution in [1.29, 1.82) is 0 Å². The second-order valence-electron chi connectivity index (χ2n) is 11.4. The lowest BCUT2D eigenvalue weighted by molar-refractivity contribution is 0.608. The highest BCUT2D eigenvalue weighted by molar-refractivity contribution is 8.04. The molecule has 0 N–H and O–H groups in total. The summed E-state index contributed by atoms with van der Waals surface area (Å²) in [6.07, 6.45) is 0. The summed E-state index contributed by atoms with van der Waals surface area (Å²) in [5.41, 5.74) is 13.4. The molecule has 0 saturated heterocycles. The molecule has 0 aliphatic heterocycles. The molecule has 0 atom stereocenters. The van der Waals surface area contributed by atoms with Gasteiger partial charge in [0.15, 0.2) is 0 Å². The van der Waals surface area contributed by atoms with Crippen molar-refractivity contribution < 1.29 is 0 Å². The molecule has 0 radical (unpaired) electrons. The molecule has 8 rings (SSSR count). The molecule has 0 spiro atoms. The SMILES string of the molecule is Cc1ccc(SC2(C3(Sc4ccc(C)cc4)c4ccccc4-c4ccccc43)c3ccccc3-c3ccccc32)cc1. The van der Waals surface area contributed by atoms with Crippen LogP contribution in [0.3, 0.4) is 0 Å². The van der Waals surface area contributed by atoms with Crippen LogP contribution >= 0.6 is 23.5 Å². The van der Waals surface area contributed by atoms with Gasteiger partial charge in [-0.15, -0.1) is 23.5 Å². The largest absolute Gasteiger partial charge is 0.107 e. The zero-order chi connectivity index (χ0) is 28.3. The van der Waals surface area contributed by atoms with Crippen molar-refractivity contribution in [3.05, 3.63) is 179 Å². The van der Waals surface area contributed by atoms with Crippen LogP contribution in [0.2, 0.25) is 0 Å². The molecule has 0 heterocycles. The van der Waals surface area contributed by atoms with E-state index in [1.165, 1.54) is 65.4 Å². The van der Waals surface area contributed by atoms with Gasteiger partial charge in [0, 0.05) is 9.79 Å². The van der Waals surface area contributed by atoms with Crippen LogP contribution in [0, 0.1) is 13.8 Å². The first-order valence-corrected chi connectivity index (χ1v) is 16.2. The molecular formula is C40H30S2. The molecule has 0 bridgehead atoms.